The summed E-state index contributed by atoms with van der Waals surface area (Å²) in [5, 5.41) is 5.16. The minimum absolute atomic E-state index is 0.0231. The molecule has 0 aliphatic carbocycles. The lowest BCUT2D eigenvalue weighted by Gasteiger charge is -2.33. The summed E-state index contributed by atoms with van der Waals surface area (Å²) in [5.74, 6) is -1.58. The molecule has 1 aromatic rings. The van der Waals surface area contributed by atoms with Gasteiger partial charge in [0, 0.05) is 25.6 Å². The number of urea groups is 1. The van der Waals surface area contributed by atoms with Gasteiger partial charge in [0.2, 0.25) is 5.91 Å². The lowest BCUT2D eigenvalue weighted by Crippen LogP contribution is -2.45. The van der Waals surface area contributed by atoms with Crippen molar-refractivity contribution in [2.75, 3.05) is 25.0 Å². The van der Waals surface area contributed by atoms with Crippen LogP contribution in [-0.4, -0.2) is 36.5 Å². The number of carbonyl (C=O) groups excluding carboxylic acids is 2. The van der Waals surface area contributed by atoms with E-state index < -0.39 is 23.4 Å². The summed E-state index contributed by atoms with van der Waals surface area (Å²) < 4.78 is 27.2. The van der Waals surface area contributed by atoms with Crippen LogP contribution < -0.4 is 10.6 Å². The molecular weight excluding hydrogens is 316 g/mol. The van der Waals surface area contributed by atoms with E-state index in [-0.39, 0.29) is 17.7 Å². The van der Waals surface area contributed by atoms with Gasteiger partial charge in [-0.1, -0.05) is 19.9 Å². The molecule has 132 valence electrons. The Balaban J connectivity index is 1.92. The number of likely N-dealkylation sites (tertiary alicyclic amines) is 1. The number of benzene rings is 1. The number of halogens is 2. The maximum absolute atomic E-state index is 13.6. The van der Waals surface area contributed by atoms with Gasteiger partial charge in [-0.05, 0) is 30.9 Å². The van der Waals surface area contributed by atoms with Gasteiger partial charge < -0.3 is 15.5 Å². The number of para-hydroxylation sites is 1. The zero-order chi connectivity index (χ0) is 17.7. The van der Waals surface area contributed by atoms with Crippen LogP contribution in [0, 0.1) is 23.5 Å². The number of rotatable bonds is 4. The molecular formula is C17H23F2N3O2. The SMILES string of the molecule is CC(C)C(=O)NC[C@@H]1CCCN(C(=O)Nc2c(F)cccc2F)C1. The second kappa shape index (κ2) is 8.08. The Morgan fingerprint density at radius 3 is 2.58 bits per heavy atom. The van der Waals surface area contributed by atoms with E-state index in [1.165, 1.54) is 11.0 Å². The van der Waals surface area contributed by atoms with Gasteiger partial charge in [0.15, 0.2) is 0 Å². The van der Waals surface area contributed by atoms with Crippen molar-refractivity contribution in [1.29, 1.82) is 0 Å². The predicted molar refractivity (Wildman–Crippen MR) is 87.5 cm³/mol. The van der Waals surface area contributed by atoms with Crippen LogP contribution in [0.3, 0.4) is 0 Å². The first kappa shape index (κ1) is 18.2. The highest BCUT2D eigenvalue weighted by Crippen LogP contribution is 2.21. The van der Waals surface area contributed by atoms with E-state index in [1.54, 1.807) is 0 Å². The molecule has 0 unspecified atom stereocenters. The average Bonchev–Trinajstić information content (AvgIpc) is 2.56. The van der Waals surface area contributed by atoms with Crippen molar-refractivity contribution in [3.8, 4) is 0 Å². The summed E-state index contributed by atoms with van der Waals surface area (Å²) in [6.07, 6.45) is 1.69. The molecule has 0 saturated carbocycles. The Morgan fingerprint density at radius 2 is 1.96 bits per heavy atom. The number of nitrogens with one attached hydrogen (secondary N) is 2. The van der Waals surface area contributed by atoms with Gasteiger partial charge >= 0.3 is 6.03 Å². The topological polar surface area (TPSA) is 61.4 Å². The number of carbonyl (C=O) groups is 2. The van der Waals surface area contributed by atoms with E-state index in [0.717, 1.165) is 25.0 Å². The molecule has 2 N–H and O–H groups in total. The minimum Gasteiger partial charge on any atom is -0.356 e. The highest BCUT2D eigenvalue weighted by molar-refractivity contribution is 5.89. The third-order valence-corrected chi connectivity index (χ3v) is 4.09. The van der Waals surface area contributed by atoms with Crippen molar-refractivity contribution in [2.45, 2.75) is 26.7 Å². The highest BCUT2D eigenvalue weighted by atomic mass is 19.1. The molecule has 7 heteroatoms. The highest BCUT2D eigenvalue weighted by Gasteiger charge is 2.25. The minimum atomic E-state index is -0.805. The van der Waals surface area contributed by atoms with E-state index in [2.05, 4.69) is 10.6 Å². The van der Waals surface area contributed by atoms with Crippen molar-refractivity contribution in [2.24, 2.45) is 11.8 Å². The Kier molecular flexibility index (Phi) is 6.11. The molecule has 0 bridgehead atoms. The molecule has 3 amide bonds. The van der Waals surface area contributed by atoms with Crippen LogP contribution in [0.1, 0.15) is 26.7 Å². The maximum Gasteiger partial charge on any atom is 0.322 e. The maximum atomic E-state index is 13.6. The number of hydrogen-bond donors (Lipinski definition) is 2. The van der Waals surface area contributed by atoms with Crippen molar-refractivity contribution in [3.63, 3.8) is 0 Å². The Hall–Kier alpha value is -2.18. The molecule has 0 spiro atoms. The summed E-state index contributed by atoms with van der Waals surface area (Å²) in [6, 6.07) is 2.91. The van der Waals surface area contributed by atoms with E-state index in [0.29, 0.717) is 19.6 Å². The first-order chi connectivity index (χ1) is 11.4. The lowest BCUT2D eigenvalue weighted by molar-refractivity contribution is -0.124. The van der Waals surface area contributed by atoms with Gasteiger partial charge in [-0.15, -0.1) is 0 Å². The molecule has 1 aliphatic heterocycles. The van der Waals surface area contributed by atoms with Gasteiger partial charge in [0.25, 0.3) is 0 Å². The van der Waals surface area contributed by atoms with Crippen molar-refractivity contribution in [1.82, 2.24) is 10.2 Å². The van der Waals surface area contributed by atoms with Gasteiger partial charge in [-0.25, -0.2) is 13.6 Å². The zero-order valence-electron chi connectivity index (χ0n) is 13.9. The molecule has 1 heterocycles. The summed E-state index contributed by atoms with van der Waals surface area (Å²) in [5.41, 5.74) is -0.433. The Morgan fingerprint density at radius 1 is 1.29 bits per heavy atom. The summed E-state index contributed by atoms with van der Waals surface area (Å²) >= 11 is 0. The van der Waals surface area contributed by atoms with Crippen LogP contribution in [0.15, 0.2) is 18.2 Å². The summed E-state index contributed by atoms with van der Waals surface area (Å²) in [7, 11) is 0. The van der Waals surface area contributed by atoms with Crippen LogP contribution in [0.2, 0.25) is 0 Å². The molecule has 0 radical (unpaired) electrons. The molecule has 1 atom stereocenters. The van der Waals surface area contributed by atoms with Crippen LogP contribution in [0.25, 0.3) is 0 Å². The number of nitrogens with zero attached hydrogens (tertiary/aromatic N) is 1. The lowest BCUT2D eigenvalue weighted by atomic mass is 9.98. The fourth-order valence-electron chi connectivity index (χ4n) is 2.67. The average molecular weight is 339 g/mol. The van der Waals surface area contributed by atoms with Crippen LogP contribution >= 0.6 is 0 Å². The largest absolute Gasteiger partial charge is 0.356 e. The van der Waals surface area contributed by atoms with Crippen LogP contribution in [0.4, 0.5) is 19.3 Å². The summed E-state index contributed by atoms with van der Waals surface area (Å²) in [6.45, 7) is 5.10. The molecule has 2 rings (SSSR count). The molecule has 0 aromatic heterocycles. The predicted octanol–water partition coefficient (Wildman–Crippen LogP) is 2.98. The number of piperidine rings is 1. The quantitative estimate of drug-likeness (QED) is 0.886. The second-order valence-electron chi connectivity index (χ2n) is 6.38. The van der Waals surface area contributed by atoms with Crippen molar-refractivity contribution >= 4 is 17.6 Å². The molecule has 1 saturated heterocycles. The van der Waals surface area contributed by atoms with E-state index in [4.69, 9.17) is 0 Å². The smallest absolute Gasteiger partial charge is 0.322 e. The van der Waals surface area contributed by atoms with Gasteiger partial charge in [0.05, 0.1) is 0 Å². The van der Waals surface area contributed by atoms with Crippen LogP contribution in [0.5, 0.6) is 0 Å². The molecule has 5 nitrogen and oxygen atoms in total. The molecule has 24 heavy (non-hydrogen) atoms. The van der Waals surface area contributed by atoms with Crippen LogP contribution in [-0.2, 0) is 4.79 Å². The number of hydrogen-bond acceptors (Lipinski definition) is 2. The number of amides is 3. The third kappa shape index (κ3) is 4.66. The van der Waals surface area contributed by atoms with Gasteiger partial charge in [-0.3, -0.25) is 4.79 Å². The fraction of sp³-hybridized carbons (Fsp3) is 0.529. The van der Waals surface area contributed by atoms with Crippen molar-refractivity contribution in [3.05, 3.63) is 29.8 Å². The van der Waals surface area contributed by atoms with Crippen molar-refractivity contribution < 1.29 is 18.4 Å². The number of anilines is 1. The molecule has 1 aliphatic rings. The third-order valence-electron chi connectivity index (χ3n) is 4.09. The first-order valence-corrected chi connectivity index (χ1v) is 8.16. The molecule has 1 aromatic carbocycles. The van der Waals surface area contributed by atoms with E-state index >= 15 is 0 Å². The van der Waals surface area contributed by atoms with E-state index in [9.17, 15) is 18.4 Å². The fourth-order valence-corrected chi connectivity index (χ4v) is 2.67. The standard InChI is InChI=1S/C17H23F2N3O2/c1-11(2)16(23)20-9-12-5-4-8-22(10-12)17(24)21-15-13(18)6-3-7-14(15)19/h3,6-7,11-12H,4-5,8-10H2,1-2H3,(H,20,23)(H,21,24)/t12-/m0/s1. The zero-order valence-corrected chi connectivity index (χ0v) is 13.9. The first-order valence-electron chi connectivity index (χ1n) is 8.16. The van der Waals surface area contributed by atoms with Gasteiger partial charge in [-0.2, -0.15) is 0 Å². The Labute approximate surface area is 140 Å². The normalized spacial score (nSPS) is 17.7. The van der Waals surface area contributed by atoms with Gasteiger partial charge in [0.1, 0.15) is 17.3 Å². The monoisotopic (exact) mass is 339 g/mol. The Bertz CT molecular complexity index is 587. The molecule has 1 fully saturated rings. The van der Waals surface area contributed by atoms with E-state index in [1.807, 2.05) is 13.8 Å². The summed E-state index contributed by atoms with van der Waals surface area (Å²) in [4.78, 5) is 25.4. The second-order valence-corrected chi connectivity index (χ2v) is 6.38.